The minimum atomic E-state index is 0.458. The van der Waals surface area contributed by atoms with Crippen LogP contribution >= 0.6 is 0 Å². The summed E-state index contributed by atoms with van der Waals surface area (Å²) in [6.45, 7) is 2.22. The summed E-state index contributed by atoms with van der Waals surface area (Å²) in [6.07, 6.45) is 0. The number of hydrogen-bond donors (Lipinski definition) is 0. The highest BCUT2D eigenvalue weighted by atomic mass is 16.5. The molecule has 0 saturated carbocycles. The summed E-state index contributed by atoms with van der Waals surface area (Å²) in [6, 6.07) is 106. The second kappa shape index (κ2) is 20.3. The average Bonchev–Trinajstić information content (AvgIpc) is 4.25. The first-order valence-electron chi connectivity index (χ1n) is 27.7. The van der Waals surface area contributed by atoms with Gasteiger partial charge in [-0.25, -0.2) is 0 Å². The monoisotopic (exact) mass is 1050 g/mol. The highest BCUT2D eigenvalue weighted by Crippen LogP contribution is 2.44. The fourth-order valence-electron chi connectivity index (χ4n) is 12.0. The van der Waals surface area contributed by atoms with Gasteiger partial charge in [0.1, 0.15) is 0 Å². The van der Waals surface area contributed by atoms with E-state index in [4.69, 9.17) is 9.51 Å². The van der Waals surface area contributed by atoms with E-state index >= 15 is 0 Å². The summed E-state index contributed by atoms with van der Waals surface area (Å²) in [5.41, 5.74) is 20.5. The molecule has 0 fully saturated rings. The minimum absolute atomic E-state index is 0.458. The maximum atomic E-state index is 6.10. The topological polar surface area (TPSA) is 55.3 Å². The molecular weight excluding hydrogens is 1000 g/mol. The van der Waals surface area contributed by atoms with Crippen molar-refractivity contribution in [3.8, 4) is 56.5 Å². The Balaban J connectivity index is 0.820. The second-order valence-corrected chi connectivity index (χ2v) is 20.7. The van der Waals surface area contributed by atoms with Gasteiger partial charge in [-0.1, -0.05) is 169 Å². The lowest BCUT2D eigenvalue weighted by atomic mass is 9.90. The fraction of sp³-hybridized carbons (Fsp3) is 0.0133. The maximum absolute atomic E-state index is 6.10. The predicted octanol–water partition coefficient (Wildman–Crippen LogP) is 20.2. The lowest BCUT2D eigenvalue weighted by Crippen LogP contribution is -2.09. The first kappa shape index (κ1) is 48.1. The van der Waals surface area contributed by atoms with Crippen LogP contribution in [0.4, 0.5) is 34.1 Å². The summed E-state index contributed by atoms with van der Waals surface area (Å²) >= 11 is 0. The first-order valence-corrected chi connectivity index (χ1v) is 27.7. The van der Waals surface area contributed by atoms with Crippen LogP contribution in [0, 0.1) is 6.92 Å². The normalized spacial score (nSPS) is 11.5. The fourth-order valence-corrected chi connectivity index (χ4v) is 12.0. The van der Waals surface area contributed by atoms with Crippen LogP contribution < -0.4 is 9.80 Å². The lowest BCUT2D eigenvalue weighted by Gasteiger charge is -2.25. The zero-order chi connectivity index (χ0) is 54.5. The molecule has 7 heteroatoms. The molecule has 0 amide bonds. The van der Waals surface area contributed by atoms with Gasteiger partial charge in [0.2, 0.25) is 5.82 Å². The molecule has 388 valence electrons. The predicted molar refractivity (Wildman–Crippen MR) is 339 cm³/mol. The molecule has 0 aliphatic heterocycles. The number of hydrogen-bond acceptors (Lipinski definition) is 5. The quantitative estimate of drug-likeness (QED) is 0.122. The third kappa shape index (κ3) is 8.47. The van der Waals surface area contributed by atoms with Gasteiger partial charge >= 0.3 is 0 Å². The van der Waals surface area contributed by atoms with Crippen LogP contribution in [0.2, 0.25) is 0 Å². The van der Waals surface area contributed by atoms with E-state index in [1.807, 2.05) is 30.3 Å². The number of benzene rings is 12. The van der Waals surface area contributed by atoms with E-state index in [0.717, 1.165) is 107 Å². The molecule has 3 heterocycles. The summed E-state index contributed by atoms with van der Waals surface area (Å²) in [5.74, 6) is 1.00. The molecule has 0 N–H and O–H groups in total. The molecule has 0 saturated heterocycles. The number of para-hydroxylation sites is 6. The Morgan fingerprint density at radius 2 is 0.671 bits per heavy atom. The molecule has 12 aromatic carbocycles. The van der Waals surface area contributed by atoms with E-state index in [1.54, 1.807) is 0 Å². The molecule has 15 rings (SSSR count). The van der Waals surface area contributed by atoms with Crippen molar-refractivity contribution in [2.75, 3.05) is 9.80 Å². The zero-order valence-corrected chi connectivity index (χ0v) is 44.9. The summed E-state index contributed by atoms with van der Waals surface area (Å²) < 4.78 is 10.9. The highest BCUT2D eigenvalue weighted by molar-refractivity contribution is 6.12. The molecule has 0 unspecified atom stereocenters. The van der Waals surface area contributed by atoms with Gasteiger partial charge < -0.3 is 23.5 Å². The van der Waals surface area contributed by atoms with Crippen molar-refractivity contribution in [2.45, 2.75) is 6.92 Å². The molecular formula is C75H52N6O. The Morgan fingerprint density at radius 3 is 1.09 bits per heavy atom. The van der Waals surface area contributed by atoms with Gasteiger partial charge in [0, 0.05) is 78.2 Å². The van der Waals surface area contributed by atoms with Gasteiger partial charge in [0.25, 0.3) is 5.89 Å². The lowest BCUT2D eigenvalue weighted by molar-refractivity contribution is 0.432. The van der Waals surface area contributed by atoms with E-state index in [2.05, 4.69) is 298 Å². The van der Waals surface area contributed by atoms with Gasteiger partial charge in [0.15, 0.2) is 0 Å². The molecule has 7 nitrogen and oxygen atoms in total. The number of aromatic nitrogens is 4. The van der Waals surface area contributed by atoms with Crippen molar-refractivity contribution in [1.29, 1.82) is 0 Å². The van der Waals surface area contributed by atoms with Crippen molar-refractivity contribution in [2.24, 2.45) is 0 Å². The smallest absolute Gasteiger partial charge is 0.258 e. The van der Waals surface area contributed by atoms with Crippen LogP contribution in [0.1, 0.15) is 5.56 Å². The van der Waals surface area contributed by atoms with E-state index in [0.29, 0.717) is 11.7 Å². The zero-order valence-electron chi connectivity index (χ0n) is 44.9. The first-order chi connectivity index (χ1) is 40.6. The highest BCUT2D eigenvalue weighted by Gasteiger charge is 2.22. The van der Waals surface area contributed by atoms with Crippen molar-refractivity contribution in [3.05, 3.63) is 303 Å². The standard InChI is InChI=1S/C75H52N6O/c1-51-66(52-35-39-60(40-36-52)80-70-33-19-17-31-64(70)68-49-62(43-45-72(68)80)78(56-23-9-3-10-24-56)57-25-11-4-12-26-57)47-55(75-76-74(77-82-75)54-21-7-2-8-22-54)48-67(51)53-37-41-61(42-38-53)81-71-34-20-18-32-65(71)69-50-63(44-46-73(69)81)79(58-27-13-5-14-28-58)59-29-15-6-16-30-59/h2-50H,1H3. The van der Waals surface area contributed by atoms with Crippen LogP contribution in [-0.4, -0.2) is 19.3 Å². The molecule has 0 atom stereocenters. The van der Waals surface area contributed by atoms with Gasteiger partial charge in [0.05, 0.1) is 22.1 Å². The Bertz CT molecular complexity index is 4440. The van der Waals surface area contributed by atoms with E-state index < -0.39 is 0 Å². The van der Waals surface area contributed by atoms with Crippen molar-refractivity contribution in [3.63, 3.8) is 0 Å². The van der Waals surface area contributed by atoms with Crippen LogP contribution in [0.5, 0.6) is 0 Å². The second-order valence-electron chi connectivity index (χ2n) is 20.7. The summed E-state index contributed by atoms with van der Waals surface area (Å²) in [7, 11) is 0. The Labute approximate surface area is 475 Å². The Morgan fingerprint density at radius 1 is 0.305 bits per heavy atom. The van der Waals surface area contributed by atoms with E-state index in [-0.39, 0.29) is 0 Å². The van der Waals surface area contributed by atoms with Crippen LogP contribution in [0.25, 0.3) is 100 Å². The third-order valence-electron chi connectivity index (χ3n) is 15.9. The SMILES string of the molecule is Cc1c(-c2ccc(-n3c4ccccc4c4cc(N(c5ccccc5)c5ccccc5)ccc43)cc2)cc(-c2nc(-c3ccccc3)no2)cc1-c1ccc(-n2c3ccccc3c3cc(N(c4ccccc4)c4ccccc4)ccc32)cc1. The minimum Gasteiger partial charge on any atom is -0.334 e. The number of anilines is 6. The van der Waals surface area contributed by atoms with Crippen LogP contribution in [-0.2, 0) is 0 Å². The largest absolute Gasteiger partial charge is 0.334 e. The number of rotatable bonds is 12. The molecule has 0 aliphatic carbocycles. The molecule has 82 heavy (non-hydrogen) atoms. The van der Waals surface area contributed by atoms with Gasteiger partial charge in [-0.2, -0.15) is 4.98 Å². The van der Waals surface area contributed by atoms with Gasteiger partial charge in [-0.15, -0.1) is 0 Å². The van der Waals surface area contributed by atoms with Crippen molar-refractivity contribution >= 4 is 77.7 Å². The Kier molecular flexibility index (Phi) is 11.9. The average molecular weight is 1050 g/mol. The van der Waals surface area contributed by atoms with E-state index in [9.17, 15) is 0 Å². The summed E-state index contributed by atoms with van der Waals surface area (Å²) in [5, 5.41) is 9.22. The third-order valence-corrected chi connectivity index (χ3v) is 15.9. The van der Waals surface area contributed by atoms with Crippen molar-refractivity contribution in [1.82, 2.24) is 19.3 Å². The molecule has 3 aromatic heterocycles. The molecule has 15 aromatic rings. The van der Waals surface area contributed by atoms with Gasteiger partial charge in [-0.3, -0.25) is 0 Å². The van der Waals surface area contributed by atoms with Crippen LogP contribution in [0.15, 0.2) is 302 Å². The summed E-state index contributed by atoms with van der Waals surface area (Å²) in [4.78, 5) is 9.62. The molecule has 0 radical (unpaired) electrons. The molecule has 0 spiro atoms. The number of fused-ring (bicyclic) bond motifs is 6. The van der Waals surface area contributed by atoms with Gasteiger partial charge in [-0.05, 0) is 168 Å². The maximum Gasteiger partial charge on any atom is 0.258 e. The van der Waals surface area contributed by atoms with Crippen molar-refractivity contribution < 1.29 is 4.52 Å². The molecule has 0 aliphatic rings. The Hall–Kier alpha value is -11.0. The number of nitrogens with zero attached hydrogens (tertiary/aromatic N) is 6. The molecule has 0 bridgehead atoms. The van der Waals surface area contributed by atoms with E-state index in [1.165, 1.54) is 21.5 Å². The van der Waals surface area contributed by atoms with Crippen LogP contribution in [0.3, 0.4) is 0 Å².